The first-order chi connectivity index (χ1) is 9.10. The Hall–Kier alpha value is -2.37. The predicted molar refractivity (Wildman–Crippen MR) is 75.4 cm³/mol. The normalized spacial score (nSPS) is 12.7. The van der Waals surface area contributed by atoms with Gasteiger partial charge < -0.3 is 10.6 Å². The van der Waals surface area contributed by atoms with Crippen LogP contribution in [-0.4, -0.2) is 24.9 Å². The highest BCUT2D eigenvalue weighted by Crippen LogP contribution is 2.05. The molecule has 0 fully saturated rings. The van der Waals surface area contributed by atoms with Crippen LogP contribution in [0.3, 0.4) is 0 Å². The zero-order valence-electron chi connectivity index (χ0n) is 11.3. The monoisotopic (exact) mass is 262 g/mol. The topological polar surface area (TPSA) is 79.6 Å². The molecule has 0 saturated carbocycles. The maximum absolute atomic E-state index is 11.1. The third-order valence-corrected chi connectivity index (χ3v) is 2.66. The molecule has 0 spiro atoms. The summed E-state index contributed by atoms with van der Waals surface area (Å²) in [6.45, 7) is 2.13. The van der Waals surface area contributed by atoms with Crippen LogP contribution in [0.15, 0.2) is 46.7 Å². The molecule has 0 aliphatic rings. The van der Waals surface area contributed by atoms with Gasteiger partial charge in [0, 0.05) is 20.6 Å². The maximum atomic E-state index is 11.1. The maximum Gasteiger partial charge on any atom is 0.329 e. The first-order valence-corrected chi connectivity index (χ1v) is 5.88. The van der Waals surface area contributed by atoms with E-state index in [1.54, 1.807) is 14.0 Å². The van der Waals surface area contributed by atoms with Gasteiger partial charge >= 0.3 is 5.70 Å². The van der Waals surface area contributed by atoms with E-state index in [2.05, 4.69) is 15.6 Å². The van der Waals surface area contributed by atoms with Crippen molar-refractivity contribution in [2.75, 3.05) is 14.1 Å². The lowest BCUT2D eigenvalue weighted by atomic mass is 10.2. The zero-order valence-corrected chi connectivity index (χ0v) is 11.3. The van der Waals surface area contributed by atoms with Crippen LogP contribution in [0.5, 0.6) is 0 Å². The second-order valence-corrected chi connectivity index (χ2v) is 3.89. The van der Waals surface area contributed by atoms with Gasteiger partial charge in [-0.05, 0) is 12.5 Å². The summed E-state index contributed by atoms with van der Waals surface area (Å²) in [4.78, 5) is 14.6. The van der Waals surface area contributed by atoms with Gasteiger partial charge in [0.15, 0.2) is 0 Å². The minimum absolute atomic E-state index is 0.0408. The Balaban J connectivity index is 2.87. The van der Waals surface area contributed by atoms with Crippen molar-refractivity contribution in [2.24, 2.45) is 4.99 Å². The summed E-state index contributed by atoms with van der Waals surface area (Å²) in [6, 6.07) is 9.65. The van der Waals surface area contributed by atoms with Gasteiger partial charge in [-0.15, -0.1) is 0 Å². The Morgan fingerprint density at radius 3 is 2.47 bits per heavy atom. The molecule has 0 heterocycles. The van der Waals surface area contributed by atoms with E-state index in [1.165, 1.54) is 7.05 Å². The smallest absolute Gasteiger partial charge is 0.329 e. The van der Waals surface area contributed by atoms with Crippen LogP contribution in [0.4, 0.5) is 0 Å². The molecule has 2 N–H and O–H groups in total. The standard InChI is InChI=1S/C13H18N4O2/c1-10(14-2)12(17(18)19)13(15-3)16-9-11-7-5-4-6-8-11/h4-8,14H,9H2,1-3H3,(H,15,16). The number of aliphatic imine (C=N–C) groups is 1. The van der Waals surface area contributed by atoms with Gasteiger partial charge in [0.05, 0.1) is 10.6 Å². The fourth-order valence-electron chi connectivity index (χ4n) is 1.57. The minimum atomic E-state index is -0.438. The average Bonchev–Trinajstić information content (AvgIpc) is 2.43. The molecule has 0 saturated heterocycles. The average molecular weight is 262 g/mol. The van der Waals surface area contributed by atoms with Crippen LogP contribution >= 0.6 is 0 Å². The molecule has 0 atom stereocenters. The highest BCUT2D eigenvalue weighted by Gasteiger charge is 2.22. The number of nitrogens with one attached hydrogen (secondary N) is 2. The molecule has 1 aromatic rings. The molecule has 0 aliphatic heterocycles. The van der Waals surface area contributed by atoms with Crippen molar-refractivity contribution < 1.29 is 4.92 Å². The van der Waals surface area contributed by atoms with Crippen molar-refractivity contribution in [3.05, 3.63) is 57.4 Å². The second kappa shape index (κ2) is 7.15. The van der Waals surface area contributed by atoms with Crippen LogP contribution in [0.2, 0.25) is 0 Å². The fourth-order valence-corrected chi connectivity index (χ4v) is 1.57. The van der Waals surface area contributed by atoms with Crippen molar-refractivity contribution in [3.63, 3.8) is 0 Å². The summed E-state index contributed by atoms with van der Waals surface area (Å²) in [6.07, 6.45) is 0. The van der Waals surface area contributed by atoms with Gasteiger partial charge in [0.2, 0.25) is 5.84 Å². The highest BCUT2D eigenvalue weighted by molar-refractivity contribution is 5.96. The van der Waals surface area contributed by atoms with Gasteiger partial charge in [-0.2, -0.15) is 0 Å². The molecule has 0 amide bonds. The third-order valence-electron chi connectivity index (χ3n) is 2.66. The highest BCUT2D eigenvalue weighted by atomic mass is 16.6. The molecule has 0 radical (unpaired) electrons. The van der Waals surface area contributed by atoms with Crippen molar-refractivity contribution in [1.82, 2.24) is 10.6 Å². The Kier molecular flexibility index (Phi) is 5.53. The van der Waals surface area contributed by atoms with E-state index in [9.17, 15) is 10.1 Å². The largest absolute Gasteiger partial charge is 0.386 e. The van der Waals surface area contributed by atoms with Gasteiger partial charge in [-0.1, -0.05) is 30.3 Å². The van der Waals surface area contributed by atoms with E-state index >= 15 is 0 Å². The van der Waals surface area contributed by atoms with Gasteiger partial charge in [-0.3, -0.25) is 15.1 Å². The van der Waals surface area contributed by atoms with E-state index in [-0.39, 0.29) is 11.5 Å². The molecule has 6 nitrogen and oxygen atoms in total. The molecule has 0 bridgehead atoms. The van der Waals surface area contributed by atoms with Gasteiger partial charge in [0.25, 0.3) is 0 Å². The van der Waals surface area contributed by atoms with Crippen molar-refractivity contribution in [3.8, 4) is 0 Å². The molecular weight excluding hydrogens is 244 g/mol. The lowest BCUT2D eigenvalue weighted by Crippen LogP contribution is -2.30. The number of allylic oxidation sites excluding steroid dienone is 1. The van der Waals surface area contributed by atoms with Crippen LogP contribution in [0.1, 0.15) is 12.5 Å². The number of nitrogens with zero attached hydrogens (tertiary/aromatic N) is 2. The molecule has 0 aliphatic carbocycles. The summed E-state index contributed by atoms with van der Waals surface area (Å²) < 4.78 is 0. The van der Waals surface area contributed by atoms with Crippen molar-refractivity contribution in [2.45, 2.75) is 13.5 Å². The predicted octanol–water partition coefficient (Wildman–Crippen LogP) is 1.53. The summed E-state index contributed by atoms with van der Waals surface area (Å²) in [5.41, 5.74) is 1.46. The summed E-state index contributed by atoms with van der Waals surface area (Å²) >= 11 is 0. The first kappa shape index (κ1) is 14.7. The zero-order chi connectivity index (χ0) is 14.3. The molecule has 0 aromatic heterocycles. The summed E-state index contributed by atoms with van der Waals surface area (Å²) in [5, 5.41) is 16.9. The van der Waals surface area contributed by atoms with E-state index < -0.39 is 4.92 Å². The van der Waals surface area contributed by atoms with E-state index in [4.69, 9.17) is 0 Å². The summed E-state index contributed by atoms with van der Waals surface area (Å²) in [7, 11) is 3.17. The van der Waals surface area contributed by atoms with E-state index in [1.807, 2.05) is 30.3 Å². The number of nitro groups is 1. The second-order valence-electron chi connectivity index (χ2n) is 3.89. The van der Waals surface area contributed by atoms with Crippen LogP contribution in [0.25, 0.3) is 0 Å². The number of hydrogen-bond donors (Lipinski definition) is 2. The Labute approximate surface area is 112 Å². The lowest BCUT2D eigenvalue weighted by Gasteiger charge is -2.09. The minimum Gasteiger partial charge on any atom is -0.386 e. The quantitative estimate of drug-likeness (QED) is 0.365. The van der Waals surface area contributed by atoms with Crippen LogP contribution < -0.4 is 10.6 Å². The van der Waals surface area contributed by atoms with E-state index in [0.29, 0.717) is 12.2 Å². The Morgan fingerprint density at radius 2 is 2.00 bits per heavy atom. The molecule has 1 aromatic carbocycles. The Morgan fingerprint density at radius 1 is 1.37 bits per heavy atom. The Bertz CT molecular complexity index is 495. The molecule has 0 unspecified atom stereocenters. The number of rotatable bonds is 5. The lowest BCUT2D eigenvalue weighted by molar-refractivity contribution is -0.416. The van der Waals surface area contributed by atoms with Gasteiger partial charge in [-0.25, -0.2) is 0 Å². The van der Waals surface area contributed by atoms with Crippen LogP contribution in [0, 0.1) is 10.1 Å². The molecule has 102 valence electrons. The van der Waals surface area contributed by atoms with Crippen LogP contribution in [-0.2, 0) is 6.54 Å². The summed E-state index contributed by atoms with van der Waals surface area (Å²) in [5.74, 6) is 0.265. The first-order valence-electron chi connectivity index (χ1n) is 5.88. The molecule has 1 rings (SSSR count). The number of amidine groups is 1. The number of benzene rings is 1. The number of hydrogen-bond acceptors (Lipinski definition) is 4. The van der Waals surface area contributed by atoms with Gasteiger partial charge in [0.1, 0.15) is 0 Å². The fraction of sp³-hybridized carbons (Fsp3) is 0.308. The van der Waals surface area contributed by atoms with Crippen molar-refractivity contribution in [1.29, 1.82) is 0 Å². The molecule has 19 heavy (non-hydrogen) atoms. The molecular formula is C13H18N4O2. The van der Waals surface area contributed by atoms with Crippen molar-refractivity contribution >= 4 is 5.84 Å². The molecule has 6 heteroatoms. The van der Waals surface area contributed by atoms with E-state index in [0.717, 1.165) is 5.56 Å². The third kappa shape index (κ3) is 4.09. The SMILES string of the molecule is CN=C(NCc1ccccc1)C(=C(C)NC)[N+](=O)[O-].